The summed E-state index contributed by atoms with van der Waals surface area (Å²) in [6.45, 7) is 3.97. The number of piperidine rings is 1. The Balaban J connectivity index is 1.47. The molecule has 1 saturated heterocycles. The third-order valence-electron chi connectivity index (χ3n) is 4.42. The van der Waals surface area contributed by atoms with Crippen LogP contribution >= 0.6 is 0 Å². The molecule has 136 valence electrons. The molecule has 3 aromatic rings. The van der Waals surface area contributed by atoms with Gasteiger partial charge in [-0.15, -0.1) is 5.10 Å². The van der Waals surface area contributed by atoms with E-state index in [1.54, 1.807) is 12.1 Å². The third-order valence-corrected chi connectivity index (χ3v) is 4.42. The fraction of sp³-hybridized carbons (Fsp3) is 0.412. The van der Waals surface area contributed by atoms with E-state index in [9.17, 15) is 4.39 Å². The largest absolute Gasteiger partial charge is 0.485 e. The van der Waals surface area contributed by atoms with Gasteiger partial charge < -0.3 is 14.6 Å². The predicted molar refractivity (Wildman–Crippen MR) is 89.9 cm³/mol. The highest BCUT2D eigenvalue weighted by atomic mass is 19.1. The number of halogens is 1. The van der Waals surface area contributed by atoms with Crippen molar-refractivity contribution in [2.24, 2.45) is 0 Å². The van der Waals surface area contributed by atoms with Crippen molar-refractivity contribution in [2.75, 3.05) is 13.1 Å². The molecule has 0 saturated carbocycles. The van der Waals surface area contributed by atoms with Gasteiger partial charge >= 0.3 is 0 Å². The Morgan fingerprint density at radius 3 is 3.00 bits per heavy atom. The molecule has 9 heteroatoms. The summed E-state index contributed by atoms with van der Waals surface area (Å²) in [6.07, 6.45) is 2.03. The number of ether oxygens (including phenoxy) is 1. The van der Waals surface area contributed by atoms with Gasteiger partial charge in [0, 0.05) is 6.07 Å². The van der Waals surface area contributed by atoms with Crippen LogP contribution in [-0.2, 0) is 6.61 Å². The van der Waals surface area contributed by atoms with Gasteiger partial charge in [-0.05, 0) is 45.0 Å². The summed E-state index contributed by atoms with van der Waals surface area (Å²) in [4.78, 5) is 4.31. The van der Waals surface area contributed by atoms with Crippen LogP contribution in [0.1, 0.15) is 30.4 Å². The summed E-state index contributed by atoms with van der Waals surface area (Å²) >= 11 is 0. The van der Waals surface area contributed by atoms with Crippen LogP contribution in [-0.4, -0.2) is 38.2 Å². The normalized spacial score (nSPS) is 15.3. The molecule has 1 fully saturated rings. The van der Waals surface area contributed by atoms with Crippen molar-refractivity contribution in [2.45, 2.75) is 32.4 Å². The highest BCUT2D eigenvalue weighted by molar-refractivity contribution is 5.49. The molecule has 0 amide bonds. The standard InChI is InChI=1S/C17H19FN6O2/c1-11-16(21-23-24(11)13-5-7-19-8-6-13)17-20-15(22-26-17)10-25-14-4-2-3-12(18)9-14/h2-4,9,13,19H,5-8,10H2,1H3. The Morgan fingerprint density at radius 1 is 1.35 bits per heavy atom. The molecule has 26 heavy (non-hydrogen) atoms. The molecule has 1 aliphatic heterocycles. The van der Waals surface area contributed by atoms with Crippen LogP contribution in [0.3, 0.4) is 0 Å². The van der Waals surface area contributed by atoms with E-state index >= 15 is 0 Å². The molecular weight excluding hydrogens is 339 g/mol. The van der Waals surface area contributed by atoms with Crippen molar-refractivity contribution in [1.29, 1.82) is 0 Å². The van der Waals surface area contributed by atoms with Crippen molar-refractivity contribution >= 4 is 0 Å². The number of benzene rings is 1. The zero-order valence-corrected chi connectivity index (χ0v) is 14.4. The number of nitrogens with zero attached hydrogens (tertiary/aromatic N) is 5. The van der Waals surface area contributed by atoms with Crippen molar-refractivity contribution in [1.82, 2.24) is 30.5 Å². The van der Waals surface area contributed by atoms with Gasteiger partial charge in [0.15, 0.2) is 12.3 Å². The molecule has 0 atom stereocenters. The first-order valence-corrected chi connectivity index (χ1v) is 8.54. The van der Waals surface area contributed by atoms with E-state index in [4.69, 9.17) is 9.26 Å². The van der Waals surface area contributed by atoms with Gasteiger partial charge in [-0.1, -0.05) is 16.4 Å². The highest BCUT2D eigenvalue weighted by Gasteiger charge is 2.23. The molecule has 2 aromatic heterocycles. The van der Waals surface area contributed by atoms with Crippen molar-refractivity contribution < 1.29 is 13.7 Å². The first-order valence-electron chi connectivity index (χ1n) is 8.54. The SMILES string of the molecule is Cc1c(-c2nc(COc3cccc(F)c3)no2)nnn1C1CCNCC1. The second-order valence-electron chi connectivity index (χ2n) is 6.21. The lowest BCUT2D eigenvalue weighted by Crippen LogP contribution is -2.30. The Labute approximate surface area is 149 Å². The lowest BCUT2D eigenvalue weighted by molar-refractivity contribution is 0.285. The Kier molecular flexibility index (Phi) is 4.61. The van der Waals surface area contributed by atoms with Crippen LogP contribution in [0, 0.1) is 12.7 Å². The Morgan fingerprint density at radius 2 is 2.19 bits per heavy atom. The quantitative estimate of drug-likeness (QED) is 0.748. The molecule has 0 spiro atoms. The van der Waals surface area contributed by atoms with Crippen LogP contribution in [0.5, 0.6) is 5.75 Å². The monoisotopic (exact) mass is 358 g/mol. The second-order valence-corrected chi connectivity index (χ2v) is 6.21. The minimum Gasteiger partial charge on any atom is -0.485 e. The molecule has 1 N–H and O–H groups in total. The van der Waals surface area contributed by atoms with E-state index in [0.717, 1.165) is 31.6 Å². The summed E-state index contributed by atoms with van der Waals surface area (Å²) in [7, 11) is 0. The second kappa shape index (κ2) is 7.20. The molecule has 1 aromatic carbocycles. The van der Waals surface area contributed by atoms with Crippen molar-refractivity contribution in [3.63, 3.8) is 0 Å². The highest BCUT2D eigenvalue weighted by Crippen LogP contribution is 2.25. The van der Waals surface area contributed by atoms with Gasteiger partial charge in [-0.2, -0.15) is 4.98 Å². The maximum absolute atomic E-state index is 13.2. The molecule has 3 heterocycles. The molecule has 0 aliphatic carbocycles. The zero-order chi connectivity index (χ0) is 17.9. The van der Waals surface area contributed by atoms with Gasteiger partial charge in [-0.25, -0.2) is 9.07 Å². The van der Waals surface area contributed by atoms with E-state index in [1.165, 1.54) is 12.1 Å². The number of rotatable bonds is 5. The van der Waals surface area contributed by atoms with Crippen LogP contribution in [0.15, 0.2) is 28.8 Å². The summed E-state index contributed by atoms with van der Waals surface area (Å²) in [6, 6.07) is 6.23. The maximum Gasteiger partial charge on any atom is 0.280 e. The van der Waals surface area contributed by atoms with Crippen LogP contribution in [0.25, 0.3) is 11.6 Å². The number of hydrogen-bond acceptors (Lipinski definition) is 7. The van der Waals surface area contributed by atoms with Crippen LogP contribution < -0.4 is 10.1 Å². The summed E-state index contributed by atoms with van der Waals surface area (Å²) in [5.41, 5.74) is 1.48. The smallest absolute Gasteiger partial charge is 0.280 e. The lowest BCUT2D eigenvalue weighted by Gasteiger charge is -2.23. The molecule has 8 nitrogen and oxygen atoms in total. The molecule has 4 rings (SSSR count). The third kappa shape index (κ3) is 3.43. The summed E-state index contributed by atoms with van der Waals surface area (Å²) < 4.78 is 25.9. The first-order chi connectivity index (χ1) is 12.7. The van der Waals surface area contributed by atoms with Crippen LogP contribution in [0.4, 0.5) is 4.39 Å². The van der Waals surface area contributed by atoms with Gasteiger partial charge in [0.25, 0.3) is 5.89 Å². The van der Waals surface area contributed by atoms with E-state index in [2.05, 4.69) is 25.8 Å². The molecule has 0 bridgehead atoms. The summed E-state index contributed by atoms with van der Waals surface area (Å²) in [5.74, 6) is 0.714. The fourth-order valence-electron chi connectivity index (χ4n) is 3.05. The molecule has 0 unspecified atom stereocenters. The van der Waals surface area contributed by atoms with E-state index in [1.807, 2.05) is 11.6 Å². The van der Waals surface area contributed by atoms with Gasteiger partial charge in [-0.3, -0.25) is 0 Å². The van der Waals surface area contributed by atoms with E-state index in [-0.39, 0.29) is 12.4 Å². The first kappa shape index (κ1) is 16.6. The maximum atomic E-state index is 13.2. The number of aromatic nitrogens is 5. The minimum absolute atomic E-state index is 0.0778. The predicted octanol–water partition coefficient (Wildman–Crippen LogP) is 2.28. The van der Waals surface area contributed by atoms with Gasteiger partial charge in [0.05, 0.1) is 11.7 Å². The molecular formula is C17H19FN6O2. The van der Waals surface area contributed by atoms with Gasteiger partial charge in [0.1, 0.15) is 11.6 Å². The fourth-order valence-corrected chi connectivity index (χ4v) is 3.05. The van der Waals surface area contributed by atoms with Crippen molar-refractivity contribution in [3.05, 3.63) is 41.6 Å². The summed E-state index contributed by atoms with van der Waals surface area (Å²) in [5, 5.41) is 15.7. The average molecular weight is 358 g/mol. The van der Waals surface area contributed by atoms with Gasteiger partial charge in [0.2, 0.25) is 5.82 Å². The molecule has 0 radical (unpaired) electrons. The van der Waals surface area contributed by atoms with E-state index < -0.39 is 0 Å². The van der Waals surface area contributed by atoms with E-state index in [0.29, 0.717) is 29.2 Å². The Hall–Kier alpha value is -2.81. The molecule has 1 aliphatic rings. The lowest BCUT2D eigenvalue weighted by atomic mass is 10.1. The number of hydrogen-bond donors (Lipinski definition) is 1. The number of nitrogens with one attached hydrogen (secondary N) is 1. The average Bonchev–Trinajstić information content (AvgIpc) is 3.27. The Bertz CT molecular complexity index is 887. The van der Waals surface area contributed by atoms with Crippen LogP contribution in [0.2, 0.25) is 0 Å². The zero-order valence-electron chi connectivity index (χ0n) is 14.4. The minimum atomic E-state index is -0.360. The topological polar surface area (TPSA) is 90.9 Å². The van der Waals surface area contributed by atoms with Crippen molar-refractivity contribution in [3.8, 4) is 17.3 Å².